The van der Waals surface area contributed by atoms with Gasteiger partial charge in [0.15, 0.2) is 5.78 Å². The second-order valence-electron chi connectivity index (χ2n) is 4.57. The highest BCUT2D eigenvalue weighted by Gasteiger charge is 2.08. The van der Waals surface area contributed by atoms with Crippen LogP contribution in [0.25, 0.3) is 0 Å². The fourth-order valence-corrected chi connectivity index (χ4v) is 2.29. The summed E-state index contributed by atoms with van der Waals surface area (Å²) in [5, 5.41) is 0. The van der Waals surface area contributed by atoms with Gasteiger partial charge in [0, 0.05) is 5.56 Å². The Balaban J connectivity index is 2.31. The zero-order chi connectivity index (χ0) is 14.0. The van der Waals surface area contributed by atoms with Gasteiger partial charge in [-0.25, -0.2) is 0 Å². The van der Waals surface area contributed by atoms with Crippen LogP contribution in [0.3, 0.4) is 0 Å². The number of halogens is 1. The number of rotatable bonds is 3. The maximum atomic E-state index is 11.3. The van der Waals surface area contributed by atoms with E-state index in [0.29, 0.717) is 11.3 Å². The van der Waals surface area contributed by atoms with Gasteiger partial charge in [0.05, 0.1) is 4.47 Å². The Morgan fingerprint density at radius 2 is 1.74 bits per heavy atom. The van der Waals surface area contributed by atoms with E-state index in [1.807, 2.05) is 26.0 Å². The van der Waals surface area contributed by atoms with E-state index in [4.69, 9.17) is 4.74 Å². The van der Waals surface area contributed by atoms with Gasteiger partial charge in [-0.1, -0.05) is 17.7 Å². The average molecular weight is 319 g/mol. The van der Waals surface area contributed by atoms with Crippen molar-refractivity contribution in [3.8, 4) is 11.5 Å². The molecule has 0 saturated carbocycles. The van der Waals surface area contributed by atoms with Crippen LogP contribution in [-0.2, 0) is 0 Å². The van der Waals surface area contributed by atoms with E-state index in [2.05, 4.69) is 22.0 Å². The number of hydrogen-bond donors (Lipinski definition) is 0. The van der Waals surface area contributed by atoms with Crippen molar-refractivity contribution in [1.82, 2.24) is 0 Å². The molecule has 98 valence electrons. The van der Waals surface area contributed by atoms with Crippen molar-refractivity contribution in [2.24, 2.45) is 0 Å². The Kier molecular flexibility index (Phi) is 4.05. The Morgan fingerprint density at radius 3 is 2.32 bits per heavy atom. The molecule has 0 heterocycles. The molecule has 0 amide bonds. The van der Waals surface area contributed by atoms with E-state index in [1.165, 1.54) is 5.56 Å². The molecule has 0 radical (unpaired) electrons. The van der Waals surface area contributed by atoms with E-state index in [1.54, 1.807) is 25.1 Å². The van der Waals surface area contributed by atoms with Crippen LogP contribution in [0.5, 0.6) is 11.5 Å². The summed E-state index contributed by atoms with van der Waals surface area (Å²) in [7, 11) is 0. The summed E-state index contributed by atoms with van der Waals surface area (Å²) in [5.41, 5.74) is 2.96. The zero-order valence-corrected chi connectivity index (χ0v) is 12.7. The number of hydrogen-bond acceptors (Lipinski definition) is 2. The molecule has 0 aliphatic heterocycles. The molecule has 3 heteroatoms. The SMILES string of the molecule is CC(=O)c1ccc(Oc2ccc(C)cc2C)c(Br)c1. The first-order valence-corrected chi connectivity index (χ1v) is 6.82. The topological polar surface area (TPSA) is 26.3 Å². The fourth-order valence-electron chi connectivity index (χ4n) is 1.83. The van der Waals surface area contributed by atoms with Crippen molar-refractivity contribution in [3.63, 3.8) is 0 Å². The van der Waals surface area contributed by atoms with Gasteiger partial charge in [-0.3, -0.25) is 4.79 Å². The van der Waals surface area contributed by atoms with E-state index < -0.39 is 0 Å². The average Bonchev–Trinajstić information content (AvgIpc) is 2.34. The van der Waals surface area contributed by atoms with Gasteiger partial charge in [0.1, 0.15) is 11.5 Å². The Labute approximate surface area is 121 Å². The van der Waals surface area contributed by atoms with E-state index >= 15 is 0 Å². The standard InChI is InChI=1S/C16H15BrO2/c1-10-4-6-15(11(2)8-10)19-16-7-5-13(12(3)18)9-14(16)17/h4-9H,1-3H3. The summed E-state index contributed by atoms with van der Waals surface area (Å²) in [4.78, 5) is 11.3. The maximum absolute atomic E-state index is 11.3. The van der Waals surface area contributed by atoms with Gasteiger partial charge in [0.2, 0.25) is 0 Å². The summed E-state index contributed by atoms with van der Waals surface area (Å²) >= 11 is 3.43. The molecule has 2 rings (SSSR count). The summed E-state index contributed by atoms with van der Waals surface area (Å²) in [6.07, 6.45) is 0. The van der Waals surface area contributed by atoms with Gasteiger partial charge in [-0.15, -0.1) is 0 Å². The second kappa shape index (κ2) is 5.57. The monoisotopic (exact) mass is 318 g/mol. The second-order valence-corrected chi connectivity index (χ2v) is 5.43. The van der Waals surface area contributed by atoms with Crippen LogP contribution in [0.4, 0.5) is 0 Å². The summed E-state index contributed by atoms with van der Waals surface area (Å²) < 4.78 is 6.65. The molecule has 19 heavy (non-hydrogen) atoms. The minimum Gasteiger partial charge on any atom is -0.456 e. The van der Waals surface area contributed by atoms with Crippen LogP contribution in [0, 0.1) is 13.8 Å². The van der Waals surface area contributed by atoms with Crippen LogP contribution in [0.2, 0.25) is 0 Å². The molecule has 0 aromatic heterocycles. The number of benzene rings is 2. The minimum absolute atomic E-state index is 0.0405. The van der Waals surface area contributed by atoms with Crippen LogP contribution in [-0.4, -0.2) is 5.78 Å². The van der Waals surface area contributed by atoms with E-state index in [0.717, 1.165) is 15.8 Å². The zero-order valence-electron chi connectivity index (χ0n) is 11.2. The van der Waals surface area contributed by atoms with Crippen LogP contribution >= 0.6 is 15.9 Å². The van der Waals surface area contributed by atoms with Crippen molar-refractivity contribution in [2.45, 2.75) is 20.8 Å². The quantitative estimate of drug-likeness (QED) is 0.739. The van der Waals surface area contributed by atoms with Gasteiger partial charge >= 0.3 is 0 Å². The molecule has 0 aliphatic rings. The van der Waals surface area contributed by atoms with Crippen molar-refractivity contribution in [3.05, 3.63) is 57.6 Å². The number of Topliss-reactive ketones (excluding diaryl/α,β-unsaturated/α-hetero) is 1. The first kappa shape index (κ1) is 13.8. The van der Waals surface area contributed by atoms with E-state index in [9.17, 15) is 4.79 Å². The molecule has 0 fully saturated rings. The molecule has 0 spiro atoms. The highest BCUT2D eigenvalue weighted by Crippen LogP contribution is 2.32. The molecule has 0 unspecified atom stereocenters. The molecule has 0 aliphatic carbocycles. The smallest absolute Gasteiger partial charge is 0.159 e. The Hall–Kier alpha value is -1.61. The molecule has 0 atom stereocenters. The minimum atomic E-state index is 0.0405. The summed E-state index contributed by atoms with van der Waals surface area (Å²) in [5.74, 6) is 1.57. The molecule has 0 bridgehead atoms. The highest BCUT2D eigenvalue weighted by atomic mass is 79.9. The van der Waals surface area contributed by atoms with Crippen molar-refractivity contribution in [1.29, 1.82) is 0 Å². The van der Waals surface area contributed by atoms with E-state index in [-0.39, 0.29) is 5.78 Å². The Morgan fingerprint density at radius 1 is 1.05 bits per heavy atom. The first-order chi connectivity index (χ1) is 8.97. The molecule has 2 aromatic rings. The highest BCUT2D eigenvalue weighted by molar-refractivity contribution is 9.10. The number of ketones is 1. The fraction of sp³-hybridized carbons (Fsp3) is 0.188. The third-order valence-electron chi connectivity index (χ3n) is 2.89. The number of carbonyl (C=O) groups excluding carboxylic acids is 1. The lowest BCUT2D eigenvalue weighted by Crippen LogP contribution is -1.94. The number of aryl methyl sites for hydroxylation is 2. The van der Waals surface area contributed by atoms with Gasteiger partial charge < -0.3 is 4.74 Å². The molecule has 0 N–H and O–H groups in total. The number of carbonyl (C=O) groups is 1. The molecule has 0 saturated heterocycles. The molecule has 2 nitrogen and oxygen atoms in total. The molecule has 2 aromatic carbocycles. The van der Waals surface area contributed by atoms with Crippen LogP contribution < -0.4 is 4.74 Å². The number of ether oxygens (including phenoxy) is 1. The Bertz CT molecular complexity index is 633. The van der Waals surface area contributed by atoms with Crippen molar-refractivity contribution < 1.29 is 9.53 Å². The third kappa shape index (κ3) is 3.24. The van der Waals surface area contributed by atoms with Crippen molar-refractivity contribution >= 4 is 21.7 Å². The maximum Gasteiger partial charge on any atom is 0.159 e. The van der Waals surface area contributed by atoms with Gasteiger partial charge in [0.25, 0.3) is 0 Å². The van der Waals surface area contributed by atoms with Crippen LogP contribution in [0.1, 0.15) is 28.4 Å². The van der Waals surface area contributed by atoms with Crippen molar-refractivity contribution in [2.75, 3.05) is 0 Å². The molecular weight excluding hydrogens is 304 g/mol. The van der Waals surface area contributed by atoms with Gasteiger partial charge in [-0.05, 0) is 66.5 Å². The lowest BCUT2D eigenvalue weighted by atomic mass is 10.1. The third-order valence-corrected chi connectivity index (χ3v) is 3.51. The summed E-state index contributed by atoms with van der Waals surface area (Å²) in [6, 6.07) is 11.4. The lowest BCUT2D eigenvalue weighted by molar-refractivity contribution is 0.101. The first-order valence-electron chi connectivity index (χ1n) is 6.03. The summed E-state index contributed by atoms with van der Waals surface area (Å²) in [6.45, 7) is 5.61. The largest absolute Gasteiger partial charge is 0.456 e. The normalized spacial score (nSPS) is 10.3. The lowest BCUT2D eigenvalue weighted by Gasteiger charge is -2.11. The van der Waals surface area contributed by atoms with Crippen LogP contribution in [0.15, 0.2) is 40.9 Å². The van der Waals surface area contributed by atoms with Gasteiger partial charge in [-0.2, -0.15) is 0 Å². The predicted octanol–water partition coefficient (Wildman–Crippen LogP) is 5.06. The predicted molar refractivity (Wildman–Crippen MR) is 80.1 cm³/mol. The molecular formula is C16H15BrO2.